The van der Waals surface area contributed by atoms with Crippen LogP contribution >= 0.6 is 0 Å². The van der Waals surface area contributed by atoms with Crippen LogP contribution in [0.1, 0.15) is 46.5 Å². The summed E-state index contributed by atoms with van der Waals surface area (Å²) in [7, 11) is 1.37. The van der Waals surface area contributed by atoms with Crippen LogP contribution in [0, 0.1) is 6.92 Å². The number of benzene rings is 2. The molecule has 5 rings (SSSR count). The monoisotopic (exact) mass is 431 g/mol. The van der Waals surface area contributed by atoms with Gasteiger partial charge in [-0.2, -0.15) is 0 Å². The van der Waals surface area contributed by atoms with E-state index in [1.165, 1.54) is 7.11 Å². The van der Waals surface area contributed by atoms with Crippen LogP contribution < -0.4 is 0 Å². The van der Waals surface area contributed by atoms with E-state index in [9.17, 15) is 4.79 Å². The summed E-state index contributed by atoms with van der Waals surface area (Å²) in [6, 6.07) is 15.0. The molecule has 0 N–H and O–H groups in total. The summed E-state index contributed by atoms with van der Waals surface area (Å²) in [6.45, 7) is 4.54. The van der Waals surface area contributed by atoms with Gasteiger partial charge >= 0.3 is 5.97 Å². The van der Waals surface area contributed by atoms with Gasteiger partial charge in [-0.05, 0) is 62.7 Å². The third-order valence-corrected chi connectivity index (χ3v) is 5.98. The summed E-state index contributed by atoms with van der Waals surface area (Å²) >= 11 is 0. The maximum atomic E-state index is 11.6. The molecule has 0 aliphatic carbocycles. The Morgan fingerprint density at radius 3 is 2.72 bits per heavy atom. The van der Waals surface area contributed by atoms with E-state index < -0.39 is 0 Å². The van der Waals surface area contributed by atoms with Gasteiger partial charge in [0.1, 0.15) is 11.3 Å². The van der Waals surface area contributed by atoms with E-state index in [4.69, 9.17) is 23.5 Å². The lowest BCUT2D eigenvalue weighted by molar-refractivity contribution is 0.0600. The van der Waals surface area contributed by atoms with E-state index in [2.05, 4.69) is 4.90 Å². The average Bonchev–Trinajstić information content (AvgIpc) is 3.42. The van der Waals surface area contributed by atoms with E-state index in [1.807, 2.05) is 43.3 Å². The smallest absolute Gasteiger partial charge is 0.337 e. The summed E-state index contributed by atoms with van der Waals surface area (Å²) in [5.74, 6) is 2.09. The third-order valence-electron chi connectivity index (χ3n) is 5.98. The lowest BCUT2D eigenvalue weighted by Crippen LogP contribution is -2.34. The first-order chi connectivity index (χ1) is 15.6. The molecule has 2 aromatic heterocycles. The van der Waals surface area contributed by atoms with Crippen LogP contribution in [0.4, 0.5) is 0 Å². The number of fused-ring (bicyclic) bond motifs is 1. The molecule has 0 radical (unpaired) electrons. The molecule has 1 aliphatic rings. The Bertz CT molecular complexity index is 1210. The number of piperidine rings is 1. The molecule has 164 valence electrons. The largest absolute Gasteiger partial charge is 0.465 e. The Kier molecular flexibility index (Phi) is 5.49. The predicted molar refractivity (Wildman–Crippen MR) is 119 cm³/mol. The number of aromatic nitrogens is 2. The van der Waals surface area contributed by atoms with Crippen LogP contribution in [-0.4, -0.2) is 41.0 Å². The number of para-hydroxylation sites is 2. The van der Waals surface area contributed by atoms with E-state index in [0.717, 1.165) is 59.9 Å². The Balaban J connectivity index is 1.29. The van der Waals surface area contributed by atoms with Crippen LogP contribution in [0.2, 0.25) is 0 Å². The Morgan fingerprint density at radius 1 is 1.12 bits per heavy atom. The summed E-state index contributed by atoms with van der Waals surface area (Å²) in [6.07, 6.45) is 2.15. The predicted octanol–water partition coefficient (Wildman–Crippen LogP) is 4.96. The number of ether oxygens (including phenoxy) is 1. The van der Waals surface area contributed by atoms with Crippen molar-refractivity contribution in [3.8, 4) is 11.5 Å². The van der Waals surface area contributed by atoms with E-state index in [0.29, 0.717) is 18.0 Å². The highest BCUT2D eigenvalue weighted by atomic mass is 16.5. The van der Waals surface area contributed by atoms with Gasteiger partial charge in [-0.3, -0.25) is 4.90 Å². The van der Waals surface area contributed by atoms with Gasteiger partial charge in [-0.1, -0.05) is 12.1 Å². The van der Waals surface area contributed by atoms with Crippen molar-refractivity contribution in [3.63, 3.8) is 0 Å². The fraction of sp³-hybridized carbons (Fsp3) is 0.320. The molecule has 7 heteroatoms. The lowest BCUT2D eigenvalue weighted by atomic mass is 9.98. The molecule has 0 spiro atoms. The standard InChI is InChI=1S/C25H25N3O4/c1-16-21(27-23(31-16)17-9-11-18(12-10-17)25(29)30-2)15-28-13-5-6-19(14-28)24-26-20-7-3-4-8-22(20)32-24/h3-4,7-12,19H,5-6,13-15H2,1-2H3. The molecule has 0 bridgehead atoms. The number of rotatable bonds is 5. The lowest BCUT2D eigenvalue weighted by Gasteiger charge is -2.30. The molecule has 0 amide bonds. The number of esters is 1. The van der Waals surface area contributed by atoms with E-state index in [1.54, 1.807) is 12.1 Å². The number of nitrogens with zero attached hydrogens (tertiary/aromatic N) is 3. The normalized spacial score (nSPS) is 17.0. The van der Waals surface area contributed by atoms with Gasteiger partial charge < -0.3 is 13.6 Å². The van der Waals surface area contributed by atoms with E-state index >= 15 is 0 Å². The van der Waals surface area contributed by atoms with Gasteiger partial charge in [0.25, 0.3) is 0 Å². The van der Waals surface area contributed by atoms with Crippen molar-refractivity contribution in [2.75, 3.05) is 20.2 Å². The van der Waals surface area contributed by atoms with Crippen molar-refractivity contribution in [1.82, 2.24) is 14.9 Å². The fourth-order valence-electron chi connectivity index (χ4n) is 4.24. The van der Waals surface area contributed by atoms with Crippen LogP contribution in [0.5, 0.6) is 0 Å². The number of carbonyl (C=O) groups excluding carboxylic acids is 1. The molecule has 3 heterocycles. The zero-order chi connectivity index (χ0) is 22.1. The highest BCUT2D eigenvalue weighted by molar-refractivity contribution is 5.89. The van der Waals surface area contributed by atoms with Gasteiger partial charge in [-0.25, -0.2) is 14.8 Å². The first-order valence-corrected chi connectivity index (χ1v) is 10.8. The SMILES string of the molecule is COC(=O)c1ccc(-c2nc(CN3CCCC(c4nc5ccccc5o4)C3)c(C)o2)cc1. The fourth-order valence-corrected chi connectivity index (χ4v) is 4.24. The minimum Gasteiger partial charge on any atom is -0.465 e. The van der Waals surface area contributed by atoms with Gasteiger partial charge in [0, 0.05) is 24.6 Å². The number of hydrogen-bond acceptors (Lipinski definition) is 7. The quantitative estimate of drug-likeness (QED) is 0.413. The topological polar surface area (TPSA) is 81.6 Å². The molecule has 1 saturated heterocycles. The first kappa shape index (κ1) is 20.5. The van der Waals surface area contributed by atoms with Crippen molar-refractivity contribution in [2.24, 2.45) is 0 Å². The number of carbonyl (C=O) groups is 1. The molecular formula is C25H25N3O4. The zero-order valence-corrected chi connectivity index (χ0v) is 18.2. The molecule has 1 fully saturated rings. The summed E-state index contributed by atoms with van der Waals surface area (Å²) in [5.41, 5.74) is 4.01. The van der Waals surface area contributed by atoms with E-state index in [-0.39, 0.29) is 11.9 Å². The summed E-state index contributed by atoms with van der Waals surface area (Å²) < 4.78 is 16.7. The molecule has 2 aromatic carbocycles. The molecule has 1 aliphatic heterocycles. The number of oxazole rings is 2. The second kappa shape index (κ2) is 8.59. The minimum atomic E-state index is -0.362. The van der Waals surface area contributed by atoms with Crippen molar-refractivity contribution in [1.29, 1.82) is 0 Å². The Hall–Kier alpha value is -3.45. The Labute approximate surface area is 186 Å². The summed E-state index contributed by atoms with van der Waals surface area (Å²) in [5, 5.41) is 0. The van der Waals surface area contributed by atoms with Crippen LogP contribution in [0.25, 0.3) is 22.6 Å². The molecule has 32 heavy (non-hydrogen) atoms. The second-order valence-corrected chi connectivity index (χ2v) is 8.18. The number of aryl methyl sites for hydroxylation is 1. The van der Waals surface area contributed by atoms with Crippen LogP contribution in [0.3, 0.4) is 0 Å². The molecule has 4 aromatic rings. The minimum absolute atomic E-state index is 0.272. The van der Waals surface area contributed by atoms with Crippen LogP contribution in [0.15, 0.2) is 57.4 Å². The molecule has 1 unspecified atom stereocenters. The zero-order valence-electron chi connectivity index (χ0n) is 18.2. The van der Waals surface area contributed by atoms with Crippen molar-refractivity contribution in [2.45, 2.75) is 32.2 Å². The highest BCUT2D eigenvalue weighted by Crippen LogP contribution is 2.30. The number of methoxy groups -OCH3 is 1. The summed E-state index contributed by atoms with van der Waals surface area (Å²) in [4.78, 5) is 23.5. The van der Waals surface area contributed by atoms with Crippen molar-refractivity contribution in [3.05, 3.63) is 71.4 Å². The van der Waals surface area contributed by atoms with Gasteiger partial charge in [0.05, 0.1) is 18.4 Å². The second-order valence-electron chi connectivity index (χ2n) is 8.18. The maximum absolute atomic E-state index is 11.6. The molecule has 0 saturated carbocycles. The Morgan fingerprint density at radius 2 is 1.94 bits per heavy atom. The van der Waals surface area contributed by atoms with Gasteiger partial charge in [0.2, 0.25) is 5.89 Å². The average molecular weight is 431 g/mol. The van der Waals surface area contributed by atoms with Crippen molar-refractivity contribution < 1.29 is 18.4 Å². The molecule has 1 atom stereocenters. The third kappa shape index (κ3) is 4.03. The van der Waals surface area contributed by atoms with Crippen molar-refractivity contribution >= 4 is 17.1 Å². The van der Waals surface area contributed by atoms with Gasteiger partial charge in [-0.15, -0.1) is 0 Å². The molecule has 7 nitrogen and oxygen atoms in total. The number of hydrogen-bond donors (Lipinski definition) is 0. The molecular weight excluding hydrogens is 406 g/mol. The first-order valence-electron chi connectivity index (χ1n) is 10.8. The highest BCUT2D eigenvalue weighted by Gasteiger charge is 2.26. The van der Waals surface area contributed by atoms with Crippen LogP contribution in [-0.2, 0) is 11.3 Å². The maximum Gasteiger partial charge on any atom is 0.337 e. The number of likely N-dealkylation sites (tertiary alicyclic amines) is 1. The van der Waals surface area contributed by atoms with Gasteiger partial charge in [0.15, 0.2) is 11.5 Å².